The van der Waals surface area contributed by atoms with E-state index in [1.165, 1.54) is 0 Å². The highest BCUT2D eigenvalue weighted by Crippen LogP contribution is 2.07. The van der Waals surface area contributed by atoms with E-state index < -0.39 is 5.97 Å². The average molecular weight is 158 g/mol. The molecule has 0 bridgehead atoms. The maximum absolute atomic E-state index is 10.4. The fourth-order valence-electron chi connectivity index (χ4n) is 0.728. The van der Waals surface area contributed by atoms with Crippen molar-refractivity contribution in [1.29, 1.82) is 0 Å². The second kappa shape index (κ2) is 4.60. The van der Waals surface area contributed by atoms with Gasteiger partial charge in [-0.3, -0.25) is 0 Å². The molecule has 0 amide bonds. The van der Waals surface area contributed by atoms with Crippen molar-refractivity contribution in [3.63, 3.8) is 0 Å². The molecule has 0 aromatic heterocycles. The van der Waals surface area contributed by atoms with Gasteiger partial charge < -0.3 is 16.6 Å². The highest BCUT2D eigenvalue weighted by Gasteiger charge is 2.08. The van der Waals surface area contributed by atoms with Gasteiger partial charge in [-0.2, -0.15) is 0 Å². The minimum Gasteiger partial charge on any atom is -0.478 e. The van der Waals surface area contributed by atoms with Crippen molar-refractivity contribution in [2.75, 3.05) is 0 Å². The van der Waals surface area contributed by atoms with Crippen molar-refractivity contribution in [1.82, 2.24) is 0 Å². The van der Waals surface area contributed by atoms with Crippen LogP contribution in [0.3, 0.4) is 0 Å². The fourth-order valence-corrected chi connectivity index (χ4v) is 0.728. The van der Waals surface area contributed by atoms with Gasteiger partial charge >= 0.3 is 5.97 Å². The number of rotatable bonds is 4. The van der Waals surface area contributed by atoms with Gasteiger partial charge in [0.15, 0.2) is 0 Å². The zero-order valence-electron chi connectivity index (χ0n) is 6.63. The maximum atomic E-state index is 10.4. The standard InChI is InChI=1S/C7H14N2O2/c1-2-3-4-5(6(8)9)7(10)11/h2-4,8-9H2,1H3,(H,10,11). The summed E-state index contributed by atoms with van der Waals surface area (Å²) in [6.45, 7) is 1.98. The van der Waals surface area contributed by atoms with Crippen molar-refractivity contribution < 1.29 is 9.90 Å². The van der Waals surface area contributed by atoms with Crippen LogP contribution in [-0.4, -0.2) is 11.1 Å². The van der Waals surface area contributed by atoms with E-state index in [-0.39, 0.29) is 11.4 Å². The van der Waals surface area contributed by atoms with Crippen LogP contribution < -0.4 is 11.5 Å². The van der Waals surface area contributed by atoms with Crippen molar-refractivity contribution >= 4 is 5.97 Å². The highest BCUT2D eigenvalue weighted by molar-refractivity contribution is 5.87. The predicted molar refractivity (Wildman–Crippen MR) is 42.6 cm³/mol. The zero-order valence-corrected chi connectivity index (χ0v) is 6.63. The van der Waals surface area contributed by atoms with Crippen molar-refractivity contribution in [3.8, 4) is 0 Å². The minimum absolute atomic E-state index is 0.0778. The molecule has 0 fully saturated rings. The Kier molecular flexibility index (Phi) is 4.10. The lowest BCUT2D eigenvalue weighted by molar-refractivity contribution is -0.132. The lowest BCUT2D eigenvalue weighted by atomic mass is 10.1. The Balaban J connectivity index is 4.14. The summed E-state index contributed by atoms with van der Waals surface area (Å²) in [6.07, 6.45) is 2.19. The summed E-state index contributed by atoms with van der Waals surface area (Å²) in [5, 5.41) is 8.55. The van der Waals surface area contributed by atoms with Crippen LogP contribution in [0.4, 0.5) is 0 Å². The Bertz CT molecular complexity index is 171. The highest BCUT2D eigenvalue weighted by atomic mass is 16.4. The molecule has 0 atom stereocenters. The fraction of sp³-hybridized carbons (Fsp3) is 0.571. The molecule has 11 heavy (non-hydrogen) atoms. The van der Waals surface area contributed by atoms with Crippen LogP contribution in [0.1, 0.15) is 26.2 Å². The van der Waals surface area contributed by atoms with Gasteiger partial charge in [-0.25, -0.2) is 4.79 Å². The molecule has 4 nitrogen and oxygen atoms in total. The molecule has 0 aromatic rings. The van der Waals surface area contributed by atoms with Gasteiger partial charge in [0, 0.05) is 0 Å². The number of aliphatic carboxylic acids is 1. The third-order valence-corrected chi connectivity index (χ3v) is 1.39. The Labute approximate surface area is 65.9 Å². The van der Waals surface area contributed by atoms with Crippen LogP contribution in [0.25, 0.3) is 0 Å². The Morgan fingerprint density at radius 1 is 1.45 bits per heavy atom. The smallest absolute Gasteiger partial charge is 0.335 e. The SMILES string of the molecule is CCCCC(C(=O)O)=C(N)N. The Morgan fingerprint density at radius 2 is 2.00 bits per heavy atom. The van der Waals surface area contributed by atoms with Crippen LogP contribution in [0, 0.1) is 0 Å². The van der Waals surface area contributed by atoms with Gasteiger partial charge in [0.25, 0.3) is 0 Å². The number of hydrogen-bond donors (Lipinski definition) is 3. The van der Waals surface area contributed by atoms with Gasteiger partial charge in [0.2, 0.25) is 0 Å². The molecule has 0 saturated carbocycles. The molecule has 4 heteroatoms. The third-order valence-electron chi connectivity index (χ3n) is 1.39. The lowest BCUT2D eigenvalue weighted by Crippen LogP contribution is -2.17. The second-order valence-electron chi connectivity index (χ2n) is 2.34. The molecule has 5 N–H and O–H groups in total. The van der Waals surface area contributed by atoms with Crippen LogP contribution >= 0.6 is 0 Å². The predicted octanol–water partition coefficient (Wildman–Crippen LogP) is 0.390. The first-order chi connectivity index (χ1) is 5.09. The molecule has 0 aliphatic rings. The van der Waals surface area contributed by atoms with Crippen LogP contribution in [-0.2, 0) is 4.79 Å². The van der Waals surface area contributed by atoms with Gasteiger partial charge in [0.1, 0.15) is 5.82 Å². The molecule has 0 unspecified atom stereocenters. The monoisotopic (exact) mass is 158 g/mol. The van der Waals surface area contributed by atoms with Crippen LogP contribution in [0.15, 0.2) is 11.4 Å². The molecule has 0 heterocycles. The van der Waals surface area contributed by atoms with Gasteiger partial charge in [-0.1, -0.05) is 13.3 Å². The van der Waals surface area contributed by atoms with Gasteiger partial charge in [0.05, 0.1) is 5.57 Å². The summed E-state index contributed by atoms with van der Waals surface area (Å²) in [4.78, 5) is 10.4. The van der Waals surface area contributed by atoms with E-state index in [1.54, 1.807) is 0 Å². The van der Waals surface area contributed by atoms with Gasteiger partial charge in [-0.05, 0) is 12.8 Å². The van der Waals surface area contributed by atoms with Crippen molar-refractivity contribution in [3.05, 3.63) is 11.4 Å². The largest absolute Gasteiger partial charge is 0.478 e. The van der Waals surface area contributed by atoms with E-state index >= 15 is 0 Å². The second-order valence-corrected chi connectivity index (χ2v) is 2.34. The summed E-state index contributed by atoms with van der Waals surface area (Å²) in [5.41, 5.74) is 10.4. The lowest BCUT2D eigenvalue weighted by Gasteiger charge is -2.01. The summed E-state index contributed by atoms with van der Waals surface area (Å²) >= 11 is 0. The molecule has 0 aliphatic carbocycles. The summed E-state index contributed by atoms with van der Waals surface area (Å²) < 4.78 is 0. The summed E-state index contributed by atoms with van der Waals surface area (Å²) in [7, 11) is 0. The van der Waals surface area contributed by atoms with Gasteiger partial charge in [-0.15, -0.1) is 0 Å². The van der Waals surface area contributed by atoms with E-state index in [9.17, 15) is 4.79 Å². The topological polar surface area (TPSA) is 89.3 Å². The number of unbranched alkanes of at least 4 members (excludes halogenated alkanes) is 1. The maximum Gasteiger partial charge on any atom is 0.335 e. The van der Waals surface area contributed by atoms with E-state index in [1.807, 2.05) is 6.92 Å². The van der Waals surface area contributed by atoms with Crippen LogP contribution in [0.2, 0.25) is 0 Å². The molecule has 0 radical (unpaired) electrons. The molecular formula is C7H14N2O2. The average Bonchev–Trinajstić information content (AvgIpc) is 1.87. The summed E-state index contributed by atoms with van der Waals surface area (Å²) in [6, 6.07) is 0. The number of hydrogen-bond acceptors (Lipinski definition) is 3. The molecule has 0 aliphatic heterocycles. The molecule has 64 valence electrons. The Hall–Kier alpha value is -1.19. The van der Waals surface area contributed by atoms with Crippen molar-refractivity contribution in [2.24, 2.45) is 11.5 Å². The normalized spacial score (nSPS) is 9.18. The minimum atomic E-state index is -1.02. The molecule has 0 saturated heterocycles. The first-order valence-corrected chi connectivity index (χ1v) is 3.57. The molecule has 0 aromatic carbocycles. The quantitative estimate of drug-likeness (QED) is 0.516. The van der Waals surface area contributed by atoms with Crippen molar-refractivity contribution in [2.45, 2.75) is 26.2 Å². The van der Waals surface area contributed by atoms with E-state index in [0.717, 1.165) is 12.8 Å². The first-order valence-electron chi connectivity index (χ1n) is 3.57. The van der Waals surface area contributed by atoms with E-state index in [2.05, 4.69) is 0 Å². The summed E-state index contributed by atoms with van der Waals surface area (Å²) in [5.74, 6) is -1.09. The zero-order chi connectivity index (χ0) is 8.85. The third kappa shape index (κ3) is 3.50. The van der Waals surface area contributed by atoms with Crippen LogP contribution in [0.5, 0.6) is 0 Å². The molecule has 0 spiro atoms. The number of nitrogens with two attached hydrogens (primary N) is 2. The Morgan fingerprint density at radius 3 is 2.27 bits per heavy atom. The van der Waals surface area contributed by atoms with E-state index in [4.69, 9.17) is 16.6 Å². The number of carboxylic acid groups (broad SMARTS) is 1. The number of carbonyl (C=O) groups is 1. The molecular weight excluding hydrogens is 144 g/mol. The first kappa shape index (κ1) is 9.81. The van der Waals surface area contributed by atoms with E-state index in [0.29, 0.717) is 6.42 Å². The number of carboxylic acids is 1. The molecule has 0 rings (SSSR count).